The smallest absolute Gasteiger partial charge is 0.189 e. The number of nitrogens with one attached hydrogen (secondary N) is 2. The first kappa shape index (κ1) is 13.3. The maximum atomic E-state index is 5.56. The molecule has 3 rings (SSSR count). The van der Waals surface area contributed by atoms with Gasteiger partial charge in [0.15, 0.2) is 10.2 Å². The number of aryl methyl sites for hydroxylation is 2. The van der Waals surface area contributed by atoms with E-state index in [0.29, 0.717) is 11.2 Å². The van der Waals surface area contributed by atoms with Crippen LogP contribution in [0, 0.1) is 0 Å². The first-order chi connectivity index (χ1) is 9.31. The largest absolute Gasteiger partial charge is 0.376 e. The van der Waals surface area contributed by atoms with Crippen LogP contribution in [0.25, 0.3) is 0 Å². The number of hydrogen-bond donors (Lipinski definition) is 2. The zero-order valence-electron chi connectivity index (χ0n) is 10.9. The molecule has 2 N–H and O–H groups in total. The minimum atomic E-state index is 0.309. The molecule has 1 aromatic rings. The fraction of sp³-hybridized carbons (Fsp3) is 0.692. The van der Waals surface area contributed by atoms with Crippen LogP contribution in [-0.2, 0) is 17.6 Å². The molecular formula is C13H19N3OS2. The Morgan fingerprint density at radius 1 is 1.37 bits per heavy atom. The first-order valence-corrected chi connectivity index (χ1v) is 8.19. The van der Waals surface area contributed by atoms with Crippen molar-refractivity contribution in [2.45, 2.75) is 44.6 Å². The fourth-order valence-electron chi connectivity index (χ4n) is 2.56. The minimum Gasteiger partial charge on any atom is -0.376 e. The van der Waals surface area contributed by atoms with E-state index in [1.165, 1.54) is 29.8 Å². The van der Waals surface area contributed by atoms with E-state index in [-0.39, 0.29) is 0 Å². The third kappa shape index (κ3) is 3.43. The van der Waals surface area contributed by atoms with Crippen LogP contribution < -0.4 is 10.6 Å². The number of ether oxygens (including phenoxy) is 1. The van der Waals surface area contributed by atoms with Crippen LogP contribution in [0.15, 0.2) is 0 Å². The van der Waals surface area contributed by atoms with Gasteiger partial charge in [0.2, 0.25) is 0 Å². The number of anilines is 1. The molecule has 2 heterocycles. The van der Waals surface area contributed by atoms with E-state index in [0.717, 1.165) is 37.5 Å². The van der Waals surface area contributed by atoms with Gasteiger partial charge in [0.05, 0.1) is 11.8 Å². The lowest BCUT2D eigenvalue weighted by Gasteiger charge is -2.12. The number of thiocarbonyl (C=S) groups is 1. The van der Waals surface area contributed by atoms with E-state index < -0.39 is 0 Å². The average Bonchev–Trinajstić information content (AvgIpc) is 3.04. The van der Waals surface area contributed by atoms with Gasteiger partial charge >= 0.3 is 0 Å². The van der Waals surface area contributed by atoms with Gasteiger partial charge in [-0.15, -0.1) is 11.3 Å². The number of rotatable bonds is 3. The van der Waals surface area contributed by atoms with E-state index in [1.807, 2.05) is 0 Å². The second-order valence-corrected chi connectivity index (χ2v) is 6.56. The van der Waals surface area contributed by atoms with Crippen molar-refractivity contribution in [2.24, 2.45) is 0 Å². The molecule has 0 saturated carbocycles. The SMILES string of the molecule is S=C(NCC1CCCO1)Nc1nc2c(s1)CCCC2. The van der Waals surface area contributed by atoms with Crippen molar-refractivity contribution in [3.8, 4) is 0 Å². The summed E-state index contributed by atoms with van der Waals surface area (Å²) in [5.74, 6) is 0. The minimum absolute atomic E-state index is 0.309. The van der Waals surface area contributed by atoms with Gasteiger partial charge in [-0.2, -0.15) is 0 Å². The van der Waals surface area contributed by atoms with E-state index in [9.17, 15) is 0 Å². The molecule has 0 aromatic carbocycles. The second-order valence-electron chi connectivity index (χ2n) is 5.07. The van der Waals surface area contributed by atoms with Crippen LogP contribution in [-0.4, -0.2) is 29.4 Å². The van der Waals surface area contributed by atoms with Gasteiger partial charge in [-0.3, -0.25) is 0 Å². The fourth-order valence-corrected chi connectivity index (χ4v) is 3.86. The van der Waals surface area contributed by atoms with Crippen molar-refractivity contribution in [2.75, 3.05) is 18.5 Å². The van der Waals surface area contributed by atoms with Crippen LogP contribution in [0.1, 0.15) is 36.3 Å². The maximum absolute atomic E-state index is 5.56. The number of hydrogen-bond acceptors (Lipinski definition) is 4. The molecule has 104 valence electrons. The Kier molecular flexibility index (Phi) is 4.30. The summed E-state index contributed by atoms with van der Waals surface area (Å²) < 4.78 is 5.56. The Labute approximate surface area is 123 Å². The Morgan fingerprint density at radius 2 is 2.26 bits per heavy atom. The highest BCUT2D eigenvalue weighted by Gasteiger charge is 2.17. The molecule has 19 heavy (non-hydrogen) atoms. The third-order valence-corrected chi connectivity index (χ3v) is 4.90. The molecule has 4 nitrogen and oxygen atoms in total. The summed E-state index contributed by atoms with van der Waals surface area (Å²) in [6.45, 7) is 1.67. The Bertz CT molecular complexity index is 431. The second kappa shape index (κ2) is 6.15. The van der Waals surface area contributed by atoms with Gasteiger partial charge in [-0.05, 0) is 50.7 Å². The third-order valence-electron chi connectivity index (χ3n) is 3.58. The lowest BCUT2D eigenvalue weighted by Crippen LogP contribution is -2.34. The zero-order valence-corrected chi connectivity index (χ0v) is 12.5. The quantitative estimate of drug-likeness (QED) is 0.839. The molecule has 1 saturated heterocycles. The molecule has 0 amide bonds. The molecule has 1 aliphatic heterocycles. The number of thiazole rings is 1. The summed E-state index contributed by atoms with van der Waals surface area (Å²) in [6.07, 6.45) is 7.43. The Balaban J connectivity index is 1.49. The topological polar surface area (TPSA) is 46.2 Å². The summed E-state index contributed by atoms with van der Waals surface area (Å²) in [5.41, 5.74) is 1.26. The molecule has 1 unspecified atom stereocenters. The lowest BCUT2D eigenvalue weighted by atomic mass is 10.0. The number of fused-ring (bicyclic) bond motifs is 1. The average molecular weight is 297 g/mol. The highest BCUT2D eigenvalue weighted by Crippen LogP contribution is 2.29. The number of nitrogens with zero attached hydrogens (tertiary/aromatic N) is 1. The molecule has 1 atom stereocenters. The van der Waals surface area contributed by atoms with E-state index in [1.54, 1.807) is 11.3 Å². The Morgan fingerprint density at radius 3 is 3.05 bits per heavy atom. The molecular weight excluding hydrogens is 278 g/mol. The highest BCUT2D eigenvalue weighted by molar-refractivity contribution is 7.80. The lowest BCUT2D eigenvalue weighted by molar-refractivity contribution is 0.114. The standard InChI is InChI=1S/C13H19N3OS2/c18-12(14-8-9-4-3-7-17-9)16-13-15-10-5-1-2-6-11(10)19-13/h9H,1-8H2,(H2,14,15,16,18). The van der Waals surface area contributed by atoms with Crippen LogP contribution in [0.2, 0.25) is 0 Å². The van der Waals surface area contributed by atoms with Crippen molar-refractivity contribution >= 4 is 33.8 Å². The molecule has 0 bridgehead atoms. The molecule has 0 spiro atoms. The molecule has 2 aliphatic rings. The first-order valence-electron chi connectivity index (χ1n) is 6.96. The van der Waals surface area contributed by atoms with Gasteiger partial charge in [0, 0.05) is 18.0 Å². The van der Waals surface area contributed by atoms with Gasteiger partial charge in [-0.1, -0.05) is 0 Å². The van der Waals surface area contributed by atoms with Crippen LogP contribution >= 0.6 is 23.6 Å². The predicted molar refractivity (Wildman–Crippen MR) is 82.0 cm³/mol. The van der Waals surface area contributed by atoms with Crippen LogP contribution in [0.5, 0.6) is 0 Å². The normalized spacial score (nSPS) is 22.0. The molecule has 1 aliphatic carbocycles. The Hall–Kier alpha value is -0.720. The van der Waals surface area contributed by atoms with Crippen LogP contribution in [0.3, 0.4) is 0 Å². The van der Waals surface area contributed by atoms with Gasteiger partial charge in [-0.25, -0.2) is 4.98 Å². The van der Waals surface area contributed by atoms with Gasteiger partial charge < -0.3 is 15.4 Å². The maximum Gasteiger partial charge on any atom is 0.189 e. The van der Waals surface area contributed by atoms with Crippen LogP contribution in [0.4, 0.5) is 5.13 Å². The summed E-state index contributed by atoms with van der Waals surface area (Å²) >= 11 is 7.04. The monoisotopic (exact) mass is 297 g/mol. The highest BCUT2D eigenvalue weighted by atomic mass is 32.1. The zero-order chi connectivity index (χ0) is 13.1. The van der Waals surface area contributed by atoms with E-state index >= 15 is 0 Å². The van der Waals surface area contributed by atoms with E-state index in [2.05, 4.69) is 15.6 Å². The molecule has 1 aromatic heterocycles. The summed E-state index contributed by atoms with van der Waals surface area (Å²) in [6, 6.07) is 0. The van der Waals surface area contributed by atoms with Crippen molar-refractivity contribution in [1.29, 1.82) is 0 Å². The van der Waals surface area contributed by atoms with Crippen molar-refractivity contribution in [3.63, 3.8) is 0 Å². The predicted octanol–water partition coefficient (Wildman–Crippen LogP) is 2.49. The van der Waals surface area contributed by atoms with Crippen molar-refractivity contribution < 1.29 is 4.74 Å². The summed E-state index contributed by atoms with van der Waals surface area (Å²) in [7, 11) is 0. The molecule has 1 fully saturated rings. The molecule has 6 heteroatoms. The van der Waals surface area contributed by atoms with E-state index in [4.69, 9.17) is 17.0 Å². The summed E-state index contributed by atoms with van der Waals surface area (Å²) in [4.78, 5) is 6.05. The van der Waals surface area contributed by atoms with Crippen molar-refractivity contribution in [3.05, 3.63) is 10.6 Å². The van der Waals surface area contributed by atoms with Crippen molar-refractivity contribution in [1.82, 2.24) is 10.3 Å². The summed E-state index contributed by atoms with van der Waals surface area (Å²) in [5, 5.41) is 7.99. The molecule has 0 radical (unpaired) electrons. The van der Waals surface area contributed by atoms with Gasteiger partial charge in [0.1, 0.15) is 0 Å². The van der Waals surface area contributed by atoms with Gasteiger partial charge in [0.25, 0.3) is 0 Å². The number of aromatic nitrogens is 1.